The van der Waals surface area contributed by atoms with Crippen LogP contribution in [0.2, 0.25) is 0 Å². The molecule has 0 amide bonds. The molecule has 0 radical (unpaired) electrons. The van der Waals surface area contributed by atoms with E-state index in [1.165, 1.54) is 0 Å². The molecule has 0 saturated carbocycles. The molecule has 24 heavy (non-hydrogen) atoms. The molecule has 0 spiro atoms. The molecule has 1 unspecified atom stereocenters. The smallest absolute Gasteiger partial charge is 0.168 e. The fourth-order valence-electron chi connectivity index (χ4n) is 2.57. The third-order valence-corrected chi connectivity index (χ3v) is 4.67. The monoisotopic (exact) mass is 321 g/mol. The van der Waals surface area contributed by atoms with Gasteiger partial charge in [0.2, 0.25) is 0 Å². The fraction of sp³-hybridized carbons (Fsp3) is 0.286. The number of hydrogen-bond acceptors (Lipinski definition) is 2. The molecule has 3 nitrogen and oxygen atoms in total. The Bertz CT molecular complexity index is 864. The van der Waals surface area contributed by atoms with Crippen LogP contribution in [0.4, 0.5) is 0 Å². The van der Waals surface area contributed by atoms with E-state index < -0.39 is 0 Å². The first kappa shape index (κ1) is 16.5. The van der Waals surface area contributed by atoms with Crippen LogP contribution in [0.5, 0.6) is 0 Å². The second-order valence-corrected chi connectivity index (χ2v) is 7.21. The Kier molecular flexibility index (Phi) is 4.54. The summed E-state index contributed by atoms with van der Waals surface area (Å²) in [5, 5.41) is 9.99. The predicted octanol–water partition coefficient (Wildman–Crippen LogP) is 3.92. The van der Waals surface area contributed by atoms with Crippen LogP contribution < -0.4 is 5.36 Å². The van der Waals surface area contributed by atoms with Gasteiger partial charge in [0.25, 0.3) is 0 Å². The van der Waals surface area contributed by atoms with Crippen molar-refractivity contribution in [1.29, 1.82) is 0 Å². The van der Waals surface area contributed by atoms with Gasteiger partial charge in [0.05, 0.1) is 21.1 Å². The second kappa shape index (κ2) is 6.62. The molecule has 0 saturated heterocycles. The van der Waals surface area contributed by atoms with E-state index in [-0.39, 0.29) is 0 Å². The first-order valence-electron chi connectivity index (χ1n) is 8.35. The maximum absolute atomic E-state index is 5.78. The Balaban J connectivity index is 2.15. The molecule has 0 aliphatic rings. The first-order valence-corrected chi connectivity index (χ1v) is 8.35. The van der Waals surface area contributed by atoms with E-state index in [1.54, 1.807) is 0 Å². The van der Waals surface area contributed by atoms with Crippen molar-refractivity contribution in [3.63, 3.8) is 0 Å². The normalized spacial score (nSPS) is 13.0. The van der Waals surface area contributed by atoms with E-state index in [2.05, 4.69) is 81.8 Å². The minimum absolute atomic E-state index is 0.365. The van der Waals surface area contributed by atoms with Gasteiger partial charge in [0, 0.05) is 10.8 Å². The molecule has 124 valence electrons. The highest BCUT2D eigenvalue weighted by Gasteiger charge is 2.18. The lowest BCUT2D eigenvalue weighted by Crippen LogP contribution is -2.45. The Hall–Kier alpha value is -2.39. The van der Waals surface area contributed by atoms with Crippen molar-refractivity contribution in [2.75, 3.05) is 27.7 Å². The van der Waals surface area contributed by atoms with Crippen LogP contribution in [0.1, 0.15) is 6.92 Å². The van der Waals surface area contributed by atoms with Gasteiger partial charge in [0.15, 0.2) is 6.61 Å². The lowest BCUT2D eigenvalue weighted by molar-refractivity contribution is -0.894. The molecule has 3 aromatic rings. The summed E-state index contributed by atoms with van der Waals surface area (Å²) >= 11 is 0. The van der Waals surface area contributed by atoms with Crippen molar-refractivity contribution in [2.24, 2.45) is 5.16 Å². The van der Waals surface area contributed by atoms with E-state index in [4.69, 9.17) is 4.84 Å². The summed E-state index contributed by atoms with van der Waals surface area (Å²) in [6.07, 6.45) is 0. The van der Waals surface area contributed by atoms with Crippen LogP contribution in [-0.2, 0) is 4.84 Å². The molecule has 3 aromatic carbocycles. The lowest BCUT2D eigenvalue weighted by atomic mass is 10.1. The van der Waals surface area contributed by atoms with Crippen LogP contribution in [0.25, 0.3) is 21.5 Å². The lowest BCUT2D eigenvalue weighted by Gasteiger charge is -2.30. The second-order valence-electron chi connectivity index (χ2n) is 7.21. The van der Waals surface area contributed by atoms with Crippen molar-refractivity contribution in [2.45, 2.75) is 13.0 Å². The minimum atomic E-state index is 0.365. The zero-order valence-corrected chi connectivity index (χ0v) is 14.9. The molecule has 0 fully saturated rings. The van der Waals surface area contributed by atoms with Crippen molar-refractivity contribution in [3.8, 4) is 0 Å². The van der Waals surface area contributed by atoms with E-state index in [0.29, 0.717) is 12.6 Å². The van der Waals surface area contributed by atoms with Gasteiger partial charge >= 0.3 is 0 Å². The van der Waals surface area contributed by atoms with E-state index in [1.807, 2.05) is 12.1 Å². The average Bonchev–Trinajstić information content (AvgIpc) is 2.72. The molecule has 0 N–H and O–H groups in total. The summed E-state index contributed by atoms with van der Waals surface area (Å²) in [6, 6.07) is 21.3. The number of hydrogen-bond donors (Lipinski definition) is 0. The summed E-state index contributed by atoms with van der Waals surface area (Å²) in [5.41, 5.74) is 0. The number of fused-ring (bicyclic) bond motifs is 2. The molecule has 3 rings (SSSR count). The topological polar surface area (TPSA) is 21.6 Å². The minimum Gasteiger partial charge on any atom is -0.389 e. The summed E-state index contributed by atoms with van der Waals surface area (Å²) in [4.78, 5) is 5.78. The van der Waals surface area contributed by atoms with Crippen LogP contribution in [0.15, 0.2) is 65.8 Å². The predicted molar refractivity (Wildman–Crippen MR) is 100 cm³/mol. The summed E-state index contributed by atoms with van der Waals surface area (Å²) in [6.45, 7) is 2.77. The number of likely N-dealkylation sites (N-methyl/N-ethyl adjacent to an activating group) is 1. The van der Waals surface area contributed by atoms with Crippen molar-refractivity contribution in [1.82, 2.24) is 0 Å². The third-order valence-electron chi connectivity index (χ3n) is 4.67. The van der Waals surface area contributed by atoms with E-state index >= 15 is 0 Å². The molecule has 1 atom stereocenters. The van der Waals surface area contributed by atoms with Gasteiger partial charge in [-0.05, 0) is 17.7 Å². The SMILES string of the molecule is CC(CON=c1c2ccccc2ccc2ccccc12)[N+](C)(C)C. The Morgan fingerprint density at radius 2 is 1.33 bits per heavy atom. The quantitative estimate of drug-likeness (QED) is 0.527. The Morgan fingerprint density at radius 3 is 1.83 bits per heavy atom. The molecule has 0 bridgehead atoms. The number of quaternary nitrogens is 1. The first-order chi connectivity index (χ1) is 11.5. The van der Waals surface area contributed by atoms with Crippen LogP contribution in [0, 0.1) is 0 Å². The van der Waals surface area contributed by atoms with Crippen molar-refractivity contribution < 1.29 is 9.32 Å². The Morgan fingerprint density at radius 1 is 0.833 bits per heavy atom. The van der Waals surface area contributed by atoms with Crippen LogP contribution >= 0.6 is 0 Å². The van der Waals surface area contributed by atoms with Crippen molar-refractivity contribution >= 4 is 21.5 Å². The summed E-state index contributed by atoms with van der Waals surface area (Å²) in [7, 11) is 6.50. The molecular formula is C21H25N2O+. The van der Waals surface area contributed by atoms with Crippen LogP contribution in [0.3, 0.4) is 0 Å². The fourth-order valence-corrected chi connectivity index (χ4v) is 2.57. The standard InChI is InChI=1S/C21H25N2O/c1-16(23(2,3)4)15-24-22-21-19-11-7-5-9-17(19)13-14-18-10-6-8-12-20(18)21/h5-14,16H,15H2,1-4H3/q+1. The van der Waals surface area contributed by atoms with Gasteiger partial charge in [-0.2, -0.15) is 0 Å². The number of nitrogens with zero attached hydrogens (tertiary/aromatic N) is 2. The van der Waals surface area contributed by atoms with Crippen molar-refractivity contribution in [3.05, 3.63) is 66.0 Å². The Labute approximate surface area is 143 Å². The van der Waals surface area contributed by atoms with Gasteiger partial charge < -0.3 is 9.32 Å². The third kappa shape index (κ3) is 3.41. The highest BCUT2D eigenvalue weighted by atomic mass is 16.6. The van der Waals surface area contributed by atoms with Gasteiger partial charge in [0.1, 0.15) is 11.4 Å². The average molecular weight is 321 g/mol. The van der Waals surface area contributed by atoms with E-state index in [0.717, 1.165) is 31.4 Å². The maximum atomic E-state index is 5.78. The summed E-state index contributed by atoms with van der Waals surface area (Å²) in [5.74, 6) is 0. The van der Waals surface area contributed by atoms with Gasteiger partial charge in [-0.25, -0.2) is 0 Å². The summed E-state index contributed by atoms with van der Waals surface area (Å²) < 4.78 is 0.847. The molecule has 0 heterocycles. The van der Waals surface area contributed by atoms with E-state index in [9.17, 15) is 0 Å². The van der Waals surface area contributed by atoms with Gasteiger partial charge in [-0.15, -0.1) is 0 Å². The molecule has 0 aliphatic carbocycles. The maximum Gasteiger partial charge on any atom is 0.168 e. The molecule has 0 aliphatic heterocycles. The number of rotatable bonds is 4. The zero-order valence-electron chi connectivity index (χ0n) is 14.9. The largest absolute Gasteiger partial charge is 0.389 e. The highest BCUT2D eigenvalue weighted by Crippen LogP contribution is 2.15. The van der Waals surface area contributed by atoms with Gasteiger partial charge in [-0.1, -0.05) is 65.8 Å². The van der Waals surface area contributed by atoms with Crippen LogP contribution in [-0.4, -0.2) is 38.3 Å². The number of benzene rings is 2. The molecule has 3 heteroatoms. The molecule has 0 aromatic heterocycles. The zero-order chi connectivity index (χ0) is 17.2. The highest BCUT2D eigenvalue weighted by molar-refractivity contribution is 5.92. The molecular weight excluding hydrogens is 296 g/mol. The van der Waals surface area contributed by atoms with Gasteiger partial charge in [-0.3, -0.25) is 0 Å².